The van der Waals surface area contributed by atoms with E-state index in [1.54, 1.807) is 14.1 Å². The fraction of sp³-hybridized carbons (Fsp3) is 0.531. The number of ketones is 3. The van der Waals surface area contributed by atoms with Gasteiger partial charge in [0, 0.05) is 17.8 Å². The van der Waals surface area contributed by atoms with Crippen molar-refractivity contribution >= 4 is 39.7 Å². The number of phenolic OH excluding ortho intramolecular Hbond substituents is 1. The molecule has 3 fully saturated rings. The van der Waals surface area contributed by atoms with E-state index in [-0.39, 0.29) is 17.7 Å². The van der Waals surface area contributed by atoms with Crippen molar-refractivity contribution in [2.45, 2.75) is 50.8 Å². The smallest absolute Gasteiger partial charge is 0.233 e. The van der Waals surface area contributed by atoms with Gasteiger partial charge >= 0.3 is 0 Å². The third-order valence-corrected chi connectivity index (χ3v) is 10.3. The molecular weight excluding hydrogens is 536 g/mol. The number of aliphatic hydroxyl groups is 1. The van der Waals surface area contributed by atoms with Gasteiger partial charge in [0.15, 0.2) is 23.0 Å². The third-order valence-electron chi connectivity index (χ3n) is 10.3. The number of Topliss-reactive ketones (excluding diaryl/α,β-unsaturated/α-hetero) is 3. The fourth-order valence-corrected chi connectivity index (χ4v) is 8.05. The van der Waals surface area contributed by atoms with Crippen LogP contribution in [-0.4, -0.2) is 87.8 Å². The third kappa shape index (κ3) is 4.14. The molecule has 2 saturated carbocycles. The molecule has 1 amide bonds. The Morgan fingerprint density at radius 1 is 1.17 bits per heavy atom. The van der Waals surface area contributed by atoms with E-state index in [4.69, 9.17) is 11.1 Å². The van der Waals surface area contributed by atoms with Crippen LogP contribution in [0.5, 0.6) is 5.75 Å². The lowest BCUT2D eigenvalue weighted by atomic mass is 9.52. The number of hydrogen-bond donors (Lipinski definition) is 4. The molecule has 2 aromatic rings. The van der Waals surface area contributed by atoms with Gasteiger partial charge in [0.1, 0.15) is 11.7 Å². The topological polar surface area (TPSA) is 165 Å². The average Bonchev–Trinajstić information content (AvgIpc) is 2.92. The van der Waals surface area contributed by atoms with Gasteiger partial charge in [-0.1, -0.05) is 25.1 Å². The summed E-state index contributed by atoms with van der Waals surface area (Å²) in [7, 11) is 3.22. The summed E-state index contributed by atoms with van der Waals surface area (Å²) in [5.74, 6) is -7.33. The van der Waals surface area contributed by atoms with E-state index in [9.17, 15) is 29.4 Å². The van der Waals surface area contributed by atoms with Crippen LogP contribution in [0.25, 0.3) is 10.8 Å². The normalized spacial score (nSPS) is 32.2. The summed E-state index contributed by atoms with van der Waals surface area (Å²) in [6, 6.07) is 6.74. The maximum atomic E-state index is 14.1. The molecule has 222 valence electrons. The fourth-order valence-electron chi connectivity index (χ4n) is 8.05. The van der Waals surface area contributed by atoms with Crippen LogP contribution in [0.4, 0.5) is 0 Å². The first kappa shape index (κ1) is 28.6. The van der Waals surface area contributed by atoms with E-state index < -0.39 is 64.3 Å². The van der Waals surface area contributed by atoms with Crippen molar-refractivity contribution in [1.82, 2.24) is 9.80 Å². The second-order valence-corrected chi connectivity index (χ2v) is 13.1. The summed E-state index contributed by atoms with van der Waals surface area (Å²) >= 11 is 0. The molecule has 0 radical (unpaired) electrons. The molecule has 0 aromatic heterocycles. The van der Waals surface area contributed by atoms with Gasteiger partial charge in [-0.3, -0.25) is 29.0 Å². The number of likely N-dealkylation sites (tertiary alicyclic amines) is 1. The van der Waals surface area contributed by atoms with Gasteiger partial charge in [-0.05, 0) is 87.3 Å². The van der Waals surface area contributed by atoms with Gasteiger partial charge in [-0.2, -0.15) is 0 Å². The Balaban J connectivity index is 1.39. The van der Waals surface area contributed by atoms with Crippen molar-refractivity contribution in [2.75, 3.05) is 27.2 Å². The number of amides is 1. The molecule has 5 N–H and O–H groups in total. The number of nitrogens with one attached hydrogen (secondary N) is 1. The number of likely N-dealkylation sites (N-methyl/N-ethyl adjacent to an activating group) is 1. The number of carbonyl (C=O) groups excluding carboxylic acids is 4. The minimum absolute atomic E-state index is 0.0668. The minimum Gasteiger partial charge on any atom is -0.507 e. The monoisotopic (exact) mass is 574 g/mol. The van der Waals surface area contributed by atoms with Gasteiger partial charge in [-0.15, -0.1) is 0 Å². The lowest BCUT2D eigenvalue weighted by molar-refractivity contribution is -0.157. The molecule has 10 heteroatoms. The molecule has 42 heavy (non-hydrogen) atoms. The maximum absolute atomic E-state index is 14.1. The zero-order valence-corrected chi connectivity index (χ0v) is 24.2. The summed E-state index contributed by atoms with van der Waals surface area (Å²) in [6.45, 7) is 5.02. The van der Waals surface area contributed by atoms with E-state index in [0.29, 0.717) is 23.3 Å². The lowest BCUT2D eigenvalue weighted by Gasteiger charge is -2.53. The van der Waals surface area contributed by atoms with Crippen molar-refractivity contribution in [1.29, 1.82) is 5.41 Å². The van der Waals surface area contributed by atoms with E-state index in [1.807, 2.05) is 24.3 Å². The first-order valence-corrected chi connectivity index (χ1v) is 14.7. The van der Waals surface area contributed by atoms with Gasteiger partial charge in [0.25, 0.3) is 0 Å². The van der Waals surface area contributed by atoms with Crippen LogP contribution in [-0.2, 0) is 27.3 Å². The van der Waals surface area contributed by atoms with Crippen LogP contribution in [0.3, 0.4) is 0 Å². The predicted molar refractivity (Wildman–Crippen MR) is 155 cm³/mol. The highest BCUT2D eigenvalue weighted by Crippen LogP contribution is 2.51. The van der Waals surface area contributed by atoms with E-state index in [2.05, 4.69) is 11.8 Å². The first-order valence-electron chi connectivity index (χ1n) is 14.7. The van der Waals surface area contributed by atoms with Crippen molar-refractivity contribution in [3.63, 3.8) is 0 Å². The van der Waals surface area contributed by atoms with Crippen LogP contribution in [0, 0.1) is 35.0 Å². The van der Waals surface area contributed by atoms with Crippen molar-refractivity contribution in [3.05, 3.63) is 41.0 Å². The largest absolute Gasteiger partial charge is 0.507 e. The predicted octanol–water partition coefficient (Wildman–Crippen LogP) is 1.70. The zero-order chi connectivity index (χ0) is 30.2. The zero-order valence-electron chi connectivity index (χ0n) is 24.2. The van der Waals surface area contributed by atoms with Crippen LogP contribution in [0.15, 0.2) is 24.3 Å². The van der Waals surface area contributed by atoms with E-state index in [1.165, 1.54) is 4.90 Å². The summed E-state index contributed by atoms with van der Waals surface area (Å²) < 4.78 is 0. The van der Waals surface area contributed by atoms with Crippen LogP contribution >= 0.6 is 0 Å². The van der Waals surface area contributed by atoms with Crippen LogP contribution in [0.2, 0.25) is 0 Å². The molecule has 4 aliphatic rings. The highest BCUT2D eigenvalue weighted by molar-refractivity contribution is 6.33. The minimum atomic E-state index is -2.50. The van der Waals surface area contributed by atoms with E-state index in [0.717, 1.165) is 43.4 Å². The molecule has 6 rings (SSSR count). The Kier molecular flexibility index (Phi) is 6.87. The number of nitrogens with two attached hydrogens (primary N) is 1. The first-order chi connectivity index (χ1) is 19.8. The van der Waals surface area contributed by atoms with Crippen molar-refractivity contribution < 1.29 is 29.4 Å². The summed E-state index contributed by atoms with van der Waals surface area (Å²) in [6.07, 6.45) is 2.70. The molecule has 1 heterocycles. The van der Waals surface area contributed by atoms with Crippen LogP contribution < -0.4 is 5.73 Å². The van der Waals surface area contributed by atoms with Gasteiger partial charge < -0.3 is 21.4 Å². The van der Waals surface area contributed by atoms with Gasteiger partial charge in [0.2, 0.25) is 5.91 Å². The maximum Gasteiger partial charge on any atom is 0.233 e. The summed E-state index contributed by atoms with van der Waals surface area (Å²) in [5.41, 5.74) is 3.92. The number of fused-ring (bicyclic) bond motifs is 4. The number of phenols is 1. The second kappa shape index (κ2) is 10.1. The Hall–Kier alpha value is -3.47. The van der Waals surface area contributed by atoms with Crippen molar-refractivity contribution in [2.24, 2.45) is 35.3 Å². The van der Waals surface area contributed by atoms with Crippen LogP contribution in [0.1, 0.15) is 47.7 Å². The Morgan fingerprint density at radius 2 is 1.86 bits per heavy atom. The number of aromatic hydroxyl groups is 1. The quantitative estimate of drug-likeness (QED) is 0.401. The molecule has 2 aromatic carbocycles. The standard InChI is InChI=1S/C32H38N4O6/c1-15-6-8-36(9-7-15)14-16-4-5-17-11-18-12-19-13-21-25(35(2)3)28(39)24(31(34)41)29(33)32(21,42)30(40)23(19)27(38)22(18)26(37)20(17)10-16/h4-5,10-11,15,19,21,23-25,33,37,42H,6-9,12-14H2,1-3H3,(H2,34,41). The number of nitrogens with zero attached hydrogens (tertiary/aromatic N) is 2. The SMILES string of the molecule is CC1CCN(Cc2ccc3cc4c(c(O)c3c2)C(=O)C2C(=O)C3(O)C(=N)C(C(N)=O)C(=O)C(N(C)C)C3CC2C4)CC1. The molecular formula is C32H38N4O6. The molecule has 0 bridgehead atoms. The highest BCUT2D eigenvalue weighted by Gasteiger charge is 2.67. The molecule has 1 aliphatic heterocycles. The highest BCUT2D eigenvalue weighted by atomic mass is 16.3. The molecule has 10 nitrogen and oxygen atoms in total. The molecule has 3 aliphatic carbocycles. The Morgan fingerprint density at radius 3 is 2.50 bits per heavy atom. The van der Waals surface area contributed by atoms with E-state index >= 15 is 0 Å². The summed E-state index contributed by atoms with van der Waals surface area (Å²) in [5, 5.41) is 33.3. The number of piperidine rings is 1. The molecule has 6 atom stereocenters. The lowest BCUT2D eigenvalue weighted by Crippen LogP contribution is -2.73. The Labute approximate surface area is 244 Å². The number of rotatable bonds is 4. The summed E-state index contributed by atoms with van der Waals surface area (Å²) in [4.78, 5) is 57.6. The second-order valence-electron chi connectivity index (χ2n) is 13.1. The Bertz CT molecular complexity index is 1540. The van der Waals surface area contributed by atoms with Crippen molar-refractivity contribution in [3.8, 4) is 5.75 Å². The molecule has 6 unspecified atom stereocenters. The van der Waals surface area contributed by atoms with Gasteiger partial charge in [0.05, 0.1) is 23.2 Å². The molecule has 0 spiro atoms. The van der Waals surface area contributed by atoms with Gasteiger partial charge in [-0.25, -0.2) is 0 Å². The number of carbonyl (C=O) groups is 4. The average molecular weight is 575 g/mol. The number of primary amides is 1. The number of hydrogen-bond acceptors (Lipinski definition) is 9. The molecule has 1 saturated heterocycles. The number of benzene rings is 2.